The topological polar surface area (TPSA) is 29.5 Å². The van der Waals surface area contributed by atoms with Crippen LogP contribution in [0.15, 0.2) is 65.8 Å². The van der Waals surface area contributed by atoms with Gasteiger partial charge in [0.15, 0.2) is 5.60 Å². The Morgan fingerprint density at radius 3 is 2.96 bits per heavy atom. The predicted molar refractivity (Wildman–Crippen MR) is 110 cm³/mol. The lowest BCUT2D eigenvalue weighted by Crippen LogP contribution is -2.71. The highest BCUT2D eigenvalue weighted by Gasteiger charge is 2.70. The summed E-state index contributed by atoms with van der Waals surface area (Å²) in [7, 11) is 0. The van der Waals surface area contributed by atoms with E-state index in [-0.39, 0.29) is 5.97 Å². The average molecular weight is 371 g/mol. The maximum atomic E-state index is 13.7. The smallest absolute Gasteiger partial charge is 0.325 e. The van der Waals surface area contributed by atoms with E-state index in [1.54, 1.807) is 0 Å². The van der Waals surface area contributed by atoms with Gasteiger partial charge >= 0.3 is 5.97 Å². The van der Waals surface area contributed by atoms with Gasteiger partial charge in [-0.2, -0.15) is 0 Å². The molecule has 2 aliphatic carbocycles. The van der Waals surface area contributed by atoms with Crippen LogP contribution in [0.5, 0.6) is 0 Å². The Morgan fingerprint density at radius 2 is 2.07 bits per heavy atom. The van der Waals surface area contributed by atoms with E-state index in [0.29, 0.717) is 6.04 Å². The zero-order chi connectivity index (χ0) is 18.9. The van der Waals surface area contributed by atoms with Crippen molar-refractivity contribution < 1.29 is 9.53 Å². The van der Waals surface area contributed by atoms with E-state index in [0.717, 1.165) is 37.1 Å². The average Bonchev–Trinajstić information content (AvgIpc) is 3.17. The third kappa shape index (κ3) is 1.90. The Balaban J connectivity index is 1.55. The van der Waals surface area contributed by atoms with Crippen LogP contribution in [0.25, 0.3) is 5.57 Å². The lowest BCUT2D eigenvalue weighted by Gasteiger charge is -2.57. The number of carbonyl (C=O) groups is 1. The van der Waals surface area contributed by atoms with E-state index in [1.165, 1.54) is 29.5 Å². The summed E-state index contributed by atoms with van der Waals surface area (Å²) < 4.78 is 6.35. The van der Waals surface area contributed by atoms with Gasteiger partial charge in [-0.1, -0.05) is 66.6 Å². The molecule has 142 valence electrons. The van der Waals surface area contributed by atoms with Crippen molar-refractivity contribution in [3.05, 3.63) is 76.9 Å². The molecule has 0 N–H and O–H groups in total. The molecule has 0 bridgehead atoms. The maximum Gasteiger partial charge on any atom is 0.325 e. The fraction of sp³-hybridized carbons (Fsp3) is 0.400. The Bertz CT molecular complexity index is 1010. The van der Waals surface area contributed by atoms with Crippen LogP contribution in [-0.2, 0) is 16.0 Å². The van der Waals surface area contributed by atoms with Crippen molar-refractivity contribution in [3.63, 3.8) is 0 Å². The Hall–Kier alpha value is -2.39. The number of benzene rings is 1. The van der Waals surface area contributed by atoms with Gasteiger partial charge < -0.3 is 4.74 Å². The molecule has 0 radical (unpaired) electrons. The molecule has 1 spiro atoms. The van der Waals surface area contributed by atoms with Gasteiger partial charge in [-0.3, -0.25) is 9.69 Å². The summed E-state index contributed by atoms with van der Waals surface area (Å²) in [6.45, 7) is 4.07. The molecular formula is C25H25NO2. The summed E-state index contributed by atoms with van der Waals surface area (Å²) in [5.41, 5.74) is 4.71. The lowest BCUT2D eigenvalue weighted by molar-refractivity contribution is -0.180. The first-order valence-corrected chi connectivity index (χ1v) is 10.5. The molecule has 3 fully saturated rings. The highest BCUT2D eigenvalue weighted by Crippen LogP contribution is 2.61. The minimum absolute atomic E-state index is 0.0914. The van der Waals surface area contributed by atoms with Crippen molar-refractivity contribution in [3.8, 4) is 0 Å². The van der Waals surface area contributed by atoms with Crippen LogP contribution in [-0.4, -0.2) is 35.6 Å². The second kappa shape index (κ2) is 5.57. The highest BCUT2D eigenvalue weighted by atomic mass is 16.6. The van der Waals surface area contributed by atoms with Crippen LogP contribution in [0.2, 0.25) is 0 Å². The number of hydrogen-bond acceptors (Lipinski definition) is 3. The number of hydrogen-bond donors (Lipinski definition) is 0. The molecule has 3 atom stereocenters. The van der Waals surface area contributed by atoms with Crippen LogP contribution in [0, 0.1) is 5.41 Å². The Morgan fingerprint density at radius 1 is 1.18 bits per heavy atom. The molecular weight excluding hydrogens is 346 g/mol. The van der Waals surface area contributed by atoms with E-state index in [2.05, 4.69) is 66.5 Å². The second-order valence-corrected chi connectivity index (χ2v) is 8.87. The molecule has 1 aromatic carbocycles. The lowest BCUT2D eigenvalue weighted by atomic mass is 9.63. The molecule has 5 aliphatic rings. The van der Waals surface area contributed by atoms with Crippen LogP contribution in [0.3, 0.4) is 0 Å². The summed E-state index contributed by atoms with van der Waals surface area (Å²) in [5, 5.41) is 0. The van der Waals surface area contributed by atoms with Gasteiger partial charge in [-0.25, -0.2) is 0 Å². The molecule has 0 saturated carbocycles. The Labute approximate surface area is 166 Å². The number of piperidine rings is 1. The standard InChI is InChI=1S/C25H25NO2/c1-17-9-12-21-24(14-13-17,20-11-10-18-6-2-3-7-19(18)20)23(27)28-25(21)16-26-15-5-4-8-22(25)26/h2-3,6-7,9,11-14,22H,4-5,8,10,15-16H2,1H3/t22-,24-,25+/m0/s1. The predicted octanol–water partition coefficient (Wildman–Crippen LogP) is 4.22. The van der Waals surface area contributed by atoms with Gasteiger partial charge in [-0.15, -0.1) is 0 Å². The minimum Gasteiger partial charge on any atom is -0.450 e. The molecule has 6 rings (SSSR count). The van der Waals surface area contributed by atoms with E-state index in [9.17, 15) is 4.79 Å². The zero-order valence-corrected chi connectivity index (χ0v) is 16.3. The molecule has 28 heavy (non-hydrogen) atoms. The molecule has 0 aromatic heterocycles. The fourth-order valence-corrected chi connectivity index (χ4v) is 6.07. The van der Waals surface area contributed by atoms with E-state index < -0.39 is 11.0 Å². The summed E-state index contributed by atoms with van der Waals surface area (Å²) in [6, 6.07) is 8.82. The monoisotopic (exact) mass is 371 g/mol. The summed E-state index contributed by atoms with van der Waals surface area (Å²) in [6.07, 6.45) is 15.3. The summed E-state index contributed by atoms with van der Waals surface area (Å²) in [4.78, 5) is 16.2. The number of allylic oxidation sites excluding steroid dienone is 5. The second-order valence-electron chi connectivity index (χ2n) is 8.87. The number of esters is 1. The SMILES string of the molecule is CC1=CC=C2[C@@](C3=CCc4ccccc43)(C=C1)C(=O)O[C@]21CN2CCCC[C@H]21. The normalized spacial score (nSPS) is 35.8. The fourth-order valence-electron chi connectivity index (χ4n) is 6.07. The first-order valence-electron chi connectivity index (χ1n) is 10.5. The van der Waals surface area contributed by atoms with Crippen LogP contribution < -0.4 is 0 Å². The molecule has 0 unspecified atom stereocenters. The molecule has 3 aliphatic heterocycles. The maximum absolute atomic E-state index is 13.7. The molecule has 1 aromatic rings. The van der Waals surface area contributed by atoms with Crippen molar-refractivity contribution >= 4 is 11.5 Å². The van der Waals surface area contributed by atoms with E-state index in [4.69, 9.17) is 4.74 Å². The molecule has 0 amide bonds. The van der Waals surface area contributed by atoms with E-state index in [1.807, 2.05) is 0 Å². The first-order chi connectivity index (χ1) is 13.6. The van der Waals surface area contributed by atoms with Crippen LogP contribution in [0.1, 0.15) is 37.3 Å². The third-order valence-corrected chi connectivity index (χ3v) is 7.44. The third-order valence-electron chi connectivity index (χ3n) is 7.44. The van der Waals surface area contributed by atoms with Gasteiger partial charge in [-0.05, 0) is 49.4 Å². The summed E-state index contributed by atoms with van der Waals surface area (Å²) >= 11 is 0. The van der Waals surface area contributed by atoms with Crippen molar-refractivity contribution in [1.82, 2.24) is 4.90 Å². The van der Waals surface area contributed by atoms with Gasteiger partial charge in [0.05, 0.1) is 6.04 Å². The number of rotatable bonds is 1. The number of nitrogens with zero attached hydrogens (tertiary/aromatic N) is 1. The first kappa shape index (κ1) is 16.6. The minimum atomic E-state index is -0.787. The van der Waals surface area contributed by atoms with Crippen LogP contribution in [0.4, 0.5) is 0 Å². The van der Waals surface area contributed by atoms with Gasteiger partial charge in [0.2, 0.25) is 0 Å². The molecule has 3 heterocycles. The highest BCUT2D eigenvalue weighted by molar-refractivity contribution is 6.04. The van der Waals surface area contributed by atoms with Gasteiger partial charge in [0.1, 0.15) is 5.41 Å². The molecule has 3 saturated heterocycles. The van der Waals surface area contributed by atoms with Crippen molar-refractivity contribution in [2.24, 2.45) is 5.41 Å². The number of fused-ring (bicyclic) bond motifs is 5. The Kier molecular flexibility index (Phi) is 3.30. The molecule has 3 nitrogen and oxygen atoms in total. The largest absolute Gasteiger partial charge is 0.450 e. The summed E-state index contributed by atoms with van der Waals surface area (Å²) in [5.74, 6) is -0.0914. The van der Waals surface area contributed by atoms with Gasteiger partial charge in [0, 0.05) is 12.1 Å². The van der Waals surface area contributed by atoms with Crippen molar-refractivity contribution in [1.29, 1.82) is 0 Å². The van der Waals surface area contributed by atoms with Crippen molar-refractivity contribution in [2.45, 2.75) is 44.2 Å². The van der Waals surface area contributed by atoms with E-state index >= 15 is 0 Å². The number of carbonyl (C=O) groups excluding carboxylic acids is 1. The van der Waals surface area contributed by atoms with Crippen LogP contribution >= 0.6 is 0 Å². The molecule has 3 heteroatoms. The zero-order valence-electron chi connectivity index (χ0n) is 16.3. The number of ether oxygens (including phenoxy) is 1. The van der Waals surface area contributed by atoms with Gasteiger partial charge in [0.25, 0.3) is 0 Å². The quantitative estimate of drug-likeness (QED) is 0.693. The van der Waals surface area contributed by atoms with Crippen molar-refractivity contribution in [2.75, 3.05) is 13.1 Å².